The van der Waals surface area contributed by atoms with Crippen molar-refractivity contribution in [3.63, 3.8) is 0 Å². The van der Waals surface area contributed by atoms with Crippen LogP contribution in [0.25, 0.3) is 0 Å². The summed E-state index contributed by atoms with van der Waals surface area (Å²) in [5, 5.41) is 10.9. The van der Waals surface area contributed by atoms with Gasteiger partial charge in [-0.1, -0.05) is 25.4 Å². The Morgan fingerprint density at radius 3 is 2.56 bits per heavy atom. The summed E-state index contributed by atoms with van der Waals surface area (Å²) in [5.41, 5.74) is -1.10. The molecule has 0 aromatic carbocycles. The van der Waals surface area contributed by atoms with Gasteiger partial charge in [0.25, 0.3) is 0 Å². The van der Waals surface area contributed by atoms with Crippen molar-refractivity contribution in [1.82, 2.24) is 9.47 Å². The van der Waals surface area contributed by atoms with Crippen LogP contribution in [-0.4, -0.2) is 34.0 Å². The summed E-state index contributed by atoms with van der Waals surface area (Å²) in [6.07, 6.45) is 1.43. The number of likely N-dealkylation sites (N-methyl/N-ethyl adjacent to an activating group) is 1. The third kappa shape index (κ3) is 3.54. The van der Waals surface area contributed by atoms with Gasteiger partial charge < -0.3 is 9.47 Å². The van der Waals surface area contributed by atoms with Crippen LogP contribution in [0.5, 0.6) is 0 Å². The molecule has 1 heterocycles. The highest BCUT2D eigenvalue weighted by Crippen LogP contribution is 2.12. The van der Waals surface area contributed by atoms with Crippen LogP contribution in [0.2, 0.25) is 5.02 Å². The summed E-state index contributed by atoms with van der Waals surface area (Å²) in [4.78, 5) is 23.9. The quantitative estimate of drug-likeness (QED) is 0.585. The van der Waals surface area contributed by atoms with Crippen molar-refractivity contribution < 1.29 is 4.92 Å². The Morgan fingerprint density at radius 2 is 2.06 bits per heavy atom. The van der Waals surface area contributed by atoms with Crippen molar-refractivity contribution >= 4 is 17.3 Å². The van der Waals surface area contributed by atoms with Gasteiger partial charge in [0.15, 0.2) is 0 Å². The zero-order chi connectivity index (χ0) is 13.7. The molecular formula is C11H16ClN3O3. The molecule has 0 aliphatic heterocycles. The van der Waals surface area contributed by atoms with Crippen LogP contribution in [0, 0.1) is 10.1 Å². The van der Waals surface area contributed by atoms with Crippen molar-refractivity contribution in [3.05, 3.63) is 37.8 Å². The Labute approximate surface area is 110 Å². The zero-order valence-electron chi connectivity index (χ0n) is 10.4. The summed E-state index contributed by atoms with van der Waals surface area (Å²) in [6, 6.07) is 1.08. The summed E-state index contributed by atoms with van der Waals surface area (Å²) < 4.78 is 1.29. The molecule has 0 unspecified atom stereocenters. The van der Waals surface area contributed by atoms with Crippen LogP contribution < -0.4 is 5.56 Å². The van der Waals surface area contributed by atoms with E-state index < -0.39 is 16.2 Å². The molecule has 0 saturated carbocycles. The molecule has 1 rings (SSSR count). The maximum Gasteiger partial charge on any atom is 0.335 e. The Morgan fingerprint density at radius 1 is 1.44 bits per heavy atom. The molecule has 0 amide bonds. The first-order valence-corrected chi connectivity index (χ1v) is 6.14. The number of aromatic nitrogens is 1. The number of hydrogen-bond acceptors (Lipinski definition) is 4. The summed E-state index contributed by atoms with van der Waals surface area (Å²) in [7, 11) is 0. The Balaban J connectivity index is 2.96. The lowest BCUT2D eigenvalue weighted by Crippen LogP contribution is -2.31. The molecule has 0 saturated heterocycles. The molecular weight excluding hydrogens is 258 g/mol. The predicted molar refractivity (Wildman–Crippen MR) is 70.2 cm³/mol. The van der Waals surface area contributed by atoms with E-state index in [1.165, 1.54) is 10.8 Å². The van der Waals surface area contributed by atoms with Crippen LogP contribution in [0.15, 0.2) is 17.1 Å². The lowest BCUT2D eigenvalue weighted by Gasteiger charge is -2.18. The van der Waals surface area contributed by atoms with Gasteiger partial charge >= 0.3 is 11.2 Å². The van der Waals surface area contributed by atoms with Gasteiger partial charge in [0.05, 0.1) is 9.95 Å². The molecule has 0 spiro atoms. The molecule has 6 nitrogen and oxygen atoms in total. The van der Waals surface area contributed by atoms with Gasteiger partial charge in [-0.2, -0.15) is 0 Å². The van der Waals surface area contributed by atoms with E-state index in [1.807, 2.05) is 13.8 Å². The highest BCUT2D eigenvalue weighted by Gasteiger charge is 2.16. The number of rotatable bonds is 6. The topological polar surface area (TPSA) is 68.4 Å². The van der Waals surface area contributed by atoms with Gasteiger partial charge in [-0.15, -0.1) is 0 Å². The number of halogens is 1. The second-order valence-electron chi connectivity index (χ2n) is 3.83. The average Bonchev–Trinajstić information content (AvgIpc) is 2.33. The summed E-state index contributed by atoms with van der Waals surface area (Å²) in [5.74, 6) is 0. The van der Waals surface area contributed by atoms with Crippen LogP contribution in [-0.2, 0) is 6.54 Å². The minimum Gasteiger partial charge on any atom is -0.307 e. The van der Waals surface area contributed by atoms with E-state index in [9.17, 15) is 14.9 Å². The lowest BCUT2D eigenvalue weighted by atomic mass is 10.4. The van der Waals surface area contributed by atoms with E-state index in [4.69, 9.17) is 11.6 Å². The molecule has 1 aromatic heterocycles. The van der Waals surface area contributed by atoms with E-state index in [0.717, 1.165) is 19.2 Å². The predicted octanol–water partition coefficient (Wildman–Crippen LogP) is 1.75. The van der Waals surface area contributed by atoms with Gasteiger partial charge in [-0.25, -0.2) is 0 Å². The number of nitrogens with zero attached hydrogens (tertiary/aromatic N) is 3. The van der Waals surface area contributed by atoms with Crippen molar-refractivity contribution in [3.8, 4) is 0 Å². The third-order valence-corrected chi connectivity index (χ3v) is 2.99. The van der Waals surface area contributed by atoms with Gasteiger partial charge in [0.1, 0.15) is 0 Å². The van der Waals surface area contributed by atoms with Crippen LogP contribution in [0.4, 0.5) is 5.69 Å². The van der Waals surface area contributed by atoms with Crippen LogP contribution >= 0.6 is 11.6 Å². The number of nitro groups is 1. The molecule has 100 valence electrons. The standard InChI is InChI=1S/C11H16ClN3O3/c1-3-13(4-2)5-6-14-8-9(12)7-10(11(14)16)15(17)18/h7-8H,3-6H2,1-2H3. The number of hydrogen-bond donors (Lipinski definition) is 0. The molecule has 0 atom stereocenters. The van der Waals surface area contributed by atoms with Crippen LogP contribution in [0.3, 0.4) is 0 Å². The van der Waals surface area contributed by atoms with Crippen molar-refractivity contribution in [2.75, 3.05) is 19.6 Å². The Kier molecular flexibility index (Phi) is 5.30. The third-order valence-electron chi connectivity index (χ3n) is 2.78. The highest BCUT2D eigenvalue weighted by molar-refractivity contribution is 6.30. The van der Waals surface area contributed by atoms with Crippen molar-refractivity contribution in [1.29, 1.82) is 0 Å². The lowest BCUT2D eigenvalue weighted by molar-refractivity contribution is -0.386. The number of pyridine rings is 1. The summed E-state index contributed by atoms with van der Waals surface area (Å²) >= 11 is 5.77. The van der Waals surface area contributed by atoms with E-state index >= 15 is 0 Å². The van der Waals surface area contributed by atoms with E-state index in [2.05, 4.69) is 4.90 Å². The van der Waals surface area contributed by atoms with Gasteiger partial charge in [0.2, 0.25) is 0 Å². The van der Waals surface area contributed by atoms with E-state index in [-0.39, 0.29) is 5.02 Å². The first kappa shape index (κ1) is 14.7. The Hall–Kier alpha value is -1.40. The second kappa shape index (κ2) is 6.51. The first-order valence-electron chi connectivity index (χ1n) is 5.76. The second-order valence-corrected chi connectivity index (χ2v) is 4.26. The van der Waals surface area contributed by atoms with Crippen molar-refractivity contribution in [2.24, 2.45) is 0 Å². The molecule has 0 aliphatic carbocycles. The molecule has 18 heavy (non-hydrogen) atoms. The minimum atomic E-state index is -0.706. The highest BCUT2D eigenvalue weighted by atomic mass is 35.5. The SMILES string of the molecule is CCN(CC)CCn1cc(Cl)cc([N+](=O)[O-])c1=O. The fourth-order valence-electron chi connectivity index (χ4n) is 1.67. The molecule has 0 aliphatic rings. The summed E-state index contributed by atoms with van der Waals surface area (Å²) in [6.45, 7) is 6.83. The maximum atomic E-state index is 11.8. The molecule has 0 radical (unpaired) electrons. The molecule has 7 heteroatoms. The minimum absolute atomic E-state index is 0.195. The zero-order valence-corrected chi connectivity index (χ0v) is 11.2. The molecule has 0 bridgehead atoms. The first-order chi connectivity index (χ1) is 8.49. The van der Waals surface area contributed by atoms with Gasteiger partial charge in [-0.3, -0.25) is 14.9 Å². The molecule has 0 N–H and O–H groups in total. The average molecular weight is 274 g/mol. The Bertz CT molecular complexity index is 483. The maximum absolute atomic E-state index is 11.8. The fraction of sp³-hybridized carbons (Fsp3) is 0.545. The smallest absolute Gasteiger partial charge is 0.307 e. The molecule has 0 fully saturated rings. The van der Waals surface area contributed by atoms with Gasteiger partial charge in [-0.05, 0) is 13.1 Å². The van der Waals surface area contributed by atoms with Crippen LogP contribution in [0.1, 0.15) is 13.8 Å². The molecule has 1 aromatic rings. The normalized spacial score (nSPS) is 10.9. The monoisotopic (exact) mass is 273 g/mol. The fourth-order valence-corrected chi connectivity index (χ4v) is 1.89. The van der Waals surface area contributed by atoms with Gasteiger partial charge in [0, 0.05) is 25.4 Å². The van der Waals surface area contributed by atoms with Crippen molar-refractivity contribution in [2.45, 2.75) is 20.4 Å². The largest absolute Gasteiger partial charge is 0.335 e. The van der Waals surface area contributed by atoms with E-state index in [0.29, 0.717) is 13.1 Å². The van der Waals surface area contributed by atoms with E-state index in [1.54, 1.807) is 0 Å².